The molecule has 1 fully saturated rings. The average Bonchev–Trinajstić information content (AvgIpc) is 3.08. The van der Waals surface area contributed by atoms with Gasteiger partial charge in [0.15, 0.2) is 0 Å². The van der Waals surface area contributed by atoms with Gasteiger partial charge in [0.2, 0.25) is 5.95 Å². The predicted octanol–water partition coefficient (Wildman–Crippen LogP) is 2.15. The predicted molar refractivity (Wildman–Crippen MR) is 111 cm³/mol. The summed E-state index contributed by atoms with van der Waals surface area (Å²) in [6.45, 7) is 7.69. The Bertz CT molecular complexity index is 790. The Kier molecular flexibility index (Phi) is 5.71. The van der Waals surface area contributed by atoms with E-state index in [-0.39, 0.29) is 12.1 Å². The summed E-state index contributed by atoms with van der Waals surface area (Å²) in [5, 5.41) is 3.10. The van der Waals surface area contributed by atoms with E-state index >= 15 is 0 Å². The van der Waals surface area contributed by atoms with Crippen LogP contribution in [0.4, 0.5) is 16.4 Å². The zero-order valence-electron chi connectivity index (χ0n) is 16.4. The van der Waals surface area contributed by atoms with Crippen LogP contribution < -0.4 is 15.1 Å². The molecule has 0 spiro atoms. The molecule has 0 radical (unpaired) electrons. The molecule has 1 aromatic heterocycles. The minimum absolute atomic E-state index is 0.0171. The van der Waals surface area contributed by atoms with E-state index in [1.54, 1.807) is 12.4 Å². The molecule has 1 aromatic carbocycles. The number of carbonyl (C=O) groups excluding carboxylic acids is 1. The molecule has 148 valence electrons. The van der Waals surface area contributed by atoms with Gasteiger partial charge in [-0.1, -0.05) is 18.2 Å². The number of hydrogen-bond donors (Lipinski definition) is 1. The quantitative estimate of drug-likeness (QED) is 0.806. The lowest BCUT2D eigenvalue weighted by molar-refractivity contribution is 0.239. The largest absolute Gasteiger partial charge is 0.338 e. The molecule has 2 aromatic rings. The van der Waals surface area contributed by atoms with Crippen molar-refractivity contribution in [3.63, 3.8) is 0 Å². The van der Waals surface area contributed by atoms with Crippen molar-refractivity contribution in [2.75, 3.05) is 49.1 Å². The number of aromatic nitrogens is 2. The molecule has 0 saturated carbocycles. The van der Waals surface area contributed by atoms with Gasteiger partial charge in [-0.15, -0.1) is 0 Å². The number of para-hydroxylation sites is 1. The van der Waals surface area contributed by atoms with Gasteiger partial charge in [-0.3, -0.25) is 9.80 Å². The second-order valence-corrected chi connectivity index (χ2v) is 7.51. The van der Waals surface area contributed by atoms with Crippen LogP contribution in [0.2, 0.25) is 0 Å². The highest BCUT2D eigenvalue weighted by Gasteiger charge is 2.30. The van der Waals surface area contributed by atoms with E-state index in [0.717, 1.165) is 57.2 Å². The molecule has 28 heavy (non-hydrogen) atoms. The Hall–Kier alpha value is -2.67. The van der Waals surface area contributed by atoms with Crippen LogP contribution in [0, 0.1) is 0 Å². The van der Waals surface area contributed by atoms with Crippen LogP contribution in [0.25, 0.3) is 0 Å². The molecule has 0 bridgehead atoms. The van der Waals surface area contributed by atoms with Crippen molar-refractivity contribution < 1.29 is 4.79 Å². The molecule has 2 amide bonds. The average molecular weight is 380 g/mol. The van der Waals surface area contributed by atoms with E-state index in [1.165, 1.54) is 5.56 Å². The van der Waals surface area contributed by atoms with E-state index < -0.39 is 0 Å². The number of rotatable bonds is 5. The van der Waals surface area contributed by atoms with Gasteiger partial charge in [0.05, 0.1) is 0 Å². The van der Waals surface area contributed by atoms with Crippen LogP contribution in [0.5, 0.6) is 0 Å². The van der Waals surface area contributed by atoms with Crippen molar-refractivity contribution in [1.82, 2.24) is 20.2 Å². The molecule has 7 nitrogen and oxygen atoms in total. The number of nitrogens with zero attached hydrogens (tertiary/aromatic N) is 5. The number of piperazine rings is 1. The van der Waals surface area contributed by atoms with Crippen LogP contribution in [-0.2, 0) is 6.42 Å². The zero-order chi connectivity index (χ0) is 19.3. The Morgan fingerprint density at radius 2 is 1.86 bits per heavy atom. The number of carbonyl (C=O) groups is 1. The van der Waals surface area contributed by atoms with Crippen LogP contribution >= 0.6 is 0 Å². The van der Waals surface area contributed by atoms with Crippen molar-refractivity contribution >= 4 is 17.7 Å². The Morgan fingerprint density at radius 1 is 1.11 bits per heavy atom. The molecular weight excluding hydrogens is 352 g/mol. The summed E-state index contributed by atoms with van der Waals surface area (Å²) in [4.78, 5) is 27.9. The molecule has 1 N–H and O–H groups in total. The van der Waals surface area contributed by atoms with Crippen molar-refractivity contribution in [1.29, 1.82) is 0 Å². The van der Waals surface area contributed by atoms with Crippen molar-refractivity contribution in [2.45, 2.75) is 25.8 Å². The molecule has 1 unspecified atom stereocenters. The second-order valence-electron chi connectivity index (χ2n) is 7.51. The summed E-state index contributed by atoms with van der Waals surface area (Å²) < 4.78 is 0. The van der Waals surface area contributed by atoms with Crippen molar-refractivity contribution in [3.05, 3.63) is 48.3 Å². The second kappa shape index (κ2) is 8.56. The van der Waals surface area contributed by atoms with Gasteiger partial charge < -0.3 is 10.2 Å². The molecule has 0 aliphatic carbocycles. The summed E-state index contributed by atoms with van der Waals surface area (Å²) in [5.74, 6) is 0.814. The molecular formula is C21H28N6O. The maximum absolute atomic E-state index is 12.7. The minimum Gasteiger partial charge on any atom is -0.338 e. The van der Waals surface area contributed by atoms with Crippen molar-refractivity contribution in [2.24, 2.45) is 0 Å². The standard InChI is InChI=1S/C21H28N6O/c1-17-16-18-6-2-3-7-19(18)27(17)21(28)24-10-5-11-25-12-14-26(15-13-25)20-22-8-4-9-23-20/h2-4,6-9,17H,5,10-16H2,1H3,(H,24,28). The molecule has 2 aliphatic heterocycles. The third-order valence-electron chi connectivity index (χ3n) is 5.56. The number of amides is 2. The highest BCUT2D eigenvalue weighted by molar-refractivity contribution is 5.94. The first kappa shape index (κ1) is 18.7. The van der Waals surface area contributed by atoms with Crippen LogP contribution in [-0.4, -0.2) is 66.2 Å². The number of anilines is 2. The fraction of sp³-hybridized carbons (Fsp3) is 0.476. The van der Waals surface area contributed by atoms with Gasteiger partial charge >= 0.3 is 6.03 Å². The third-order valence-corrected chi connectivity index (χ3v) is 5.56. The van der Waals surface area contributed by atoms with E-state index in [0.29, 0.717) is 6.54 Å². The zero-order valence-corrected chi connectivity index (χ0v) is 16.4. The van der Waals surface area contributed by atoms with E-state index in [4.69, 9.17) is 0 Å². The monoisotopic (exact) mass is 380 g/mol. The number of fused-ring (bicyclic) bond motifs is 1. The molecule has 1 atom stereocenters. The normalized spacial score (nSPS) is 19.5. The van der Waals surface area contributed by atoms with Gasteiger partial charge in [-0.25, -0.2) is 14.8 Å². The van der Waals surface area contributed by atoms with Crippen LogP contribution in [0.3, 0.4) is 0 Å². The third kappa shape index (κ3) is 4.09. The molecule has 1 saturated heterocycles. The summed E-state index contributed by atoms with van der Waals surface area (Å²) in [6.07, 6.45) is 5.46. The van der Waals surface area contributed by atoms with Gasteiger partial charge in [-0.05, 0) is 44.0 Å². The molecule has 2 aliphatic rings. The number of benzene rings is 1. The Balaban J connectivity index is 1.18. The maximum Gasteiger partial charge on any atom is 0.322 e. The fourth-order valence-corrected chi connectivity index (χ4v) is 4.08. The summed E-state index contributed by atoms with van der Waals surface area (Å²) >= 11 is 0. The first-order valence-electron chi connectivity index (χ1n) is 10.1. The molecule has 7 heteroatoms. The Morgan fingerprint density at radius 3 is 2.64 bits per heavy atom. The highest BCUT2D eigenvalue weighted by Crippen LogP contribution is 2.31. The summed E-state index contributed by atoms with van der Waals surface area (Å²) in [6, 6.07) is 10.3. The lowest BCUT2D eigenvalue weighted by atomic mass is 10.1. The first-order valence-corrected chi connectivity index (χ1v) is 10.1. The van der Waals surface area contributed by atoms with Gasteiger partial charge in [-0.2, -0.15) is 0 Å². The van der Waals surface area contributed by atoms with E-state index in [9.17, 15) is 4.79 Å². The smallest absolute Gasteiger partial charge is 0.322 e. The maximum atomic E-state index is 12.7. The van der Waals surface area contributed by atoms with Gasteiger partial charge in [0.1, 0.15) is 0 Å². The Labute approximate surface area is 166 Å². The number of nitrogens with one attached hydrogen (secondary N) is 1. The van der Waals surface area contributed by atoms with Gasteiger partial charge in [0.25, 0.3) is 0 Å². The van der Waals surface area contributed by atoms with E-state index in [1.807, 2.05) is 29.2 Å². The van der Waals surface area contributed by atoms with Crippen LogP contribution in [0.15, 0.2) is 42.7 Å². The fourth-order valence-electron chi connectivity index (χ4n) is 4.08. The highest BCUT2D eigenvalue weighted by atomic mass is 16.2. The summed E-state index contributed by atoms with van der Waals surface area (Å²) in [7, 11) is 0. The molecule has 4 rings (SSSR count). The first-order chi connectivity index (χ1) is 13.7. The number of hydrogen-bond acceptors (Lipinski definition) is 5. The number of urea groups is 1. The minimum atomic E-state index is 0.0171. The molecule has 3 heterocycles. The lowest BCUT2D eigenvalue weighted by Gasteiger charge is -2.34. The summed E-state index contributed by atoms with van der Waals surface area (Å²) in [5.41, 5.74) is 2.30. The van der Waals surface area contributed by atoms with E-state index in [2.05, 4.69) is 38.1 Å². The van der Waals surface area contributed by atoms with Crippen LogP contribution in [0.1, 0.15) is 18.9 Å². The SMILES string of the molecule is CC1Cc2ccccc2N1C(=O)NCCCN1CCN(c2ncccn2)CC1. The van der Waals surface area contributed by atoms with Gasteiger partial charge in [0, 0.05) is 56.8 Å². The topological polar surface area (TPSA) is 64.6 Å². The lowest BCUT2D eigenvalue weighted by Crippen LogP contribution is -2.48. The van der Waals surface area contributed by atoms with Crippen molar-refractivity contribution in [3.8, 4) is 0 Å².